The Balaban J connectivity index is 1.71. The van der Waals surface area contributed by atoms with Gasteiger partial charge in [0.25, 0.3) is 0 Å². The summed E-state index contributed by atoms with van der Waals surface area (Å²) in [6.07, 6.45) is 2.24. The molecule has 3 heterocycles. The fourth-order valence-electron chi connectivity index (χ4n) is 2.69. The standard InChI is InChI=1S/C16H15N3O2/c20-12-6-8-19(10-12)15-5-7-17-16(18-15)14-9-11-3-1-2-4-13(11)21-14/h1-5,7,9,12,20H,6,8,10H2. The number of anilines is 1. The summed E-state index contributed by atoms with van der Waals surface area (Å²) in [6, 6.07) is 11.7. The zero-order chi connectivity index (χ0) is 14.2. The molecule has 1 aliphatic rings. The van der Waals surface area contributed by atoms with Crippen molar-refractivity contribution in [2.75, 3.05) is 18.0 Å². The van der Waals surface area contributed by atoms with Crippen molar-refractivity contribution in [2.24, 2.45) is 0 Å². The van der Waals surface area contributed by atoms with E-state index in [0.717, 1.165) is 29.8 Å². The summed E-state index contributed by atoms with van der Waals surface area (Å²) in [5, 5.41) is 10.7. The number of para-hydroxylation sites is 1. The Hall–Kier alpha value is -2.40. The first kappa shape index (κ1) is 12.3. The summed E-state index contributed by atoms with van der Waals surface area (Å²) in [4.78, 5) is 10.9. The predicted molar refractivity (Wildman–Crippen MR) is 80.1 cm³/mol. The van der Waals surface area contributed by atoms with Crippen molar-refractivity contribution >= 4 is 16.8 Å². The van der Waals surface area contributed by atoms with Crippen LogP contribution in [0.15, 0.2) is 47.0 Å². The van der Waals surface area contributed by atoms with Crippen molar-refractivity contribution in [2.45, 2.75) is 12.5 Å². The second-order valence-electron chi connectivity index (χ2n) is 5.28. The van der Waals surface area contributed by atoms with Crippen molar-refractivity contribution in [1.82, 2.24) is 9.97 Å². The van der Waals surface area contributed by atoms with Gasteiger partial charge in [0, 0.05) is 24.7 Å². The molecule has 1 saturated heterocycles. The lowest BCUT2D eigenvalue weighted by Gasteiger charge is -2.16. The molecule has 2 aromatic heterocycles. The van der Waals surface area contributed by atoms with E-state index in [1.807, 2.05) is 36.4 Å². The van der Waals surface area contributed by atoms with Crippen molar-refractivity contribution in [3.05, 3.63) is 42.6 Å². The quantitative estimate of drug-likeness (QED) is 0.781. The molecule has 0 radical (unpaired) electrons. The predicted octanol–water partition coefficient (Wildman–Crippen LogP) is 2.46. The molecule has 0 amide bonds. The molecule has 0 aliphatic carbocycles. The number of aliphatic hydroxyl groups is 1. The Morgan fingerprint density at radius 1 is 1.24 bits per heavy atom. The number of β-amino-alcohol motifs (C(OH)–C–C–N with tert-alkyl or cyclic N) is 1. The highest BCUT2D eigenvalue weighted by atomic mass is 16.3. The van der Waals surface area contributed by atoms with E-state index in [1.54, 1.807) is 6.20 Å². The molecule has 4 rings (SSSR count). The van der Waals surface area contributed by atoms with Gasteiger partial charge in [-0.25, -0.2) is 9.97 Å². The van der Waals surface area contributed by atoms with Crippen LogP contribution in [0.4, 0.5) is 5.82 Å². The molecular weight excluding hydrogens is 266 g/mol. The third kappa shape index (κ3) is 2.25. The number of rotatable bonds is 2. The zero-order valence-electron chi connectivity index (χ0n) is 11.4. The molecule has 1 aliphatic heterocycles. The van der Waals surface area contributed by atoms with Gasteiger partial charge in [-0.15, -0.1) is 0 Å². The van der Waals surface area contributed by atoms with Crippen molar-refractivity contribution in [3.8, 4) is 11.6 Å². The summed E-state index contributed by atoms with van der Waals surface area (Å²) in [5.41, 5.74) is 0.832. The summed E-state index contributed by atoms with van der Waals surface area (Å²) < 4.78 is 5.80. The monoisotopic (exact) mass is 281 g/mol. The molecule has 0 spiro atoms. The van der Waals surface area contributed by atoms with Crippen molar-refractivity contribution < 1.29 is 9.52 Å². The minimum atomic E-state index is -0.269. The Morgan fingerprint density at radius 2 is 2.14 bits per heavy atom. The van der Waals surface area contributed by atoms with Gasteiger partial charge < -0.3 is 14.4 Å². The molecule has 5 heteroatoms. The summed E-state index contributed by atoms with van der Waals surface area (Å²) in [7, 11) is 0. The lowest BCUT2D eigenvalue weighted by molar-refractivity contribution is 0.198. The van der Waals surface area contributed by atoms with Crippen LogP contribution in [0.25, 0.3) is 22.6 Å². The summed E-state index contributed by atoms with van der Waals surface area (Å²) in [5.74, 6) is 2.07. The summed E-state index contributed by atoms with van der Waals surface area (Å²) in [6.45, 7) is 1.44. The van der Waals surface area contributed by atoms with Gasteiger partial charge >= 0.3 is 0 Å². The minimum Gasteiger partial charge on any atom is -0.453 e. The maximum atomic E-state index is 9.64. The topological polar surface area (TPSA) is 62.4 Å². The van der Waals surface area contributed by atoms with E-state index in [4.69, 9.17) is 4.42 Å². The van der Waals surface area contributed by atoms with Gasteiger partial charge in [0.2, 0.25) is 0 Å². The maximum Gasteiger partial charge on any atom is 0.197 e. The number of aromatic nitrogens is 2. The Morgan fingerprint density at radius 3 is 2.95 bits per heavy atom. The van der Waals surface area contributed by atoms with E-state index in [-0.39, 0.29) is 6.10 Å². The lowest BCUT2D eigenvalue weighted by atomic mass is 10.2. The van der Waals surface area contributed by atoms with Crippen LogP contribution < -0.4 is 4.90 Å². The first-order valence-corrected chi connectivity index (χ1v) is 7.04. The van der Waals surface area contributed by atoms with Crippen LogP contribution >= 0.6 is 0 Å². The van der Waals surface area contributed by atoms with Gasteiger partial charge in [-0.2, -0.15) is 0 Å². The molecule has 21 heavy (non-hydrogen) atoms. The first-order chi connectivity index (χ1) is 10.3. The van der Waals surface area contributed by atoms with Gasteiger partial charge in [0.05, 0.1) is 6.10 Å². The van der Waals surface area contributed by atoms with Crippen molar-refractivity contribution in [3.63, 3.8) is 0 Å². The van der Waals surface area contributed by atoms with Gasteiger partial charge in [0.15, 0.2) is 11.6 Å². The number of aliphatic hydroxyl groups excluding tert-OH is 1. The summed E-state index contributed by atoms with van der Waals surface area (Å²) >= 11 is 0. The normalized spacial score (nSPS) is 18.5. The Labute approximate surface area is 121 Å². The molecule has 1 unspecified atom stereocenters. The highest BCUT2D eigenvalue weighted by molar-refractivity contribution is 5.81. The third-order valence-corrected chi connectivity index (χ3v) is 3.77. The largest absolute Gasteiger partial charge is 0.453 e. The van der Waals surface area contributed by atoms with Gasteiger partial charge in [-0.3, -0.25) is 0 Å². The molecule has 0 saturated carbocycles. The average Bonchev–Trinajstić information content (AvgIpc) is 3.13. The molecule has 106 valence electrons. The number of furan rings is 1. The molecule has 1 N–H and O–H groups in total. The number of hydrogen-bond acceptors (Lipinski definition) is 5. The van der Waals surface area contributed by atoms with Crippen LogP contribution in [0.3, 0.4) is 0 Å². The molecule has 5 nitrogen and oxygen atoms in total. The lowest BCUT2D eigenvalue weighted by Crippen LogP contribution is -2.22. The molecule has 1 fully saturated rings. The SMILES string of the molecule is OC1CCN(c2ccnc(-c3cc4ccccc4o3)n2)C1. The van der Waals surface area contributed by atoms with E-state index in [0.29, 0.717) is 18.1 Å². The van der Waals surface area contributed by atoms with E-state index in [1.165, 1.54) is 0 Å². The van der Waals surface area contributed by atoms with Gasteiger partial charge in [0.1, 0.15) is 11.4 Å². The van der Waals surface area contributed by atoms with Crippen LogP contribution in [0.1, 0.15) is 6.42 Å². The van der Waals surface area contributed by atoms with Crippen LogP contribution in [0.5, 0.6) is 0 Å². The number of nitrogens with zero attached hydrogens (tertiary/aromatic N) is 3. The molecular formula is C16H15N3O2. The first-order valence-electron chi connectivity index (χ1n) is 7.04. The number of fused-ring (bicyclic) bond motifs is 1. The molecule has 0 bridgehead atoms. The smallest absolute Gasteiger partial charge is 0.197 e. The number of benzene rings is 1. The van der Waals surface area contributed by atoms with E-state index >= 15 is 0 Å². The second kappa shape index (κ2) is 4.86. The van der Waals surface area contributed by atoms with Crippen LogP contribution in [-0.4, -0.2) is 34.3 Å². The average molecular weight is 281 g/mol. The third-order valence-electron chi connectivity index (χ3n) is 3.77. The molecule has 1 atom stereocenters. The van der Waals surface area contributed by atoms with Gasteiger partial charge in [-0.05, 0) is 24.6 Å². The highest BCUT2D eigenvalue weighted by Gasteiger charge is 2.22. The van der Waals surface area contributed by atoms with Gasteiger partial charge in [-0.1, -0.05) is 18.2 Å². The second-order valence-corrected chi connectivity index (χ2v) is 5.28. The van der Waals surface area contributed by atoms with E-state index in [2.05, 4.69) is 14.9 Å². The molecule has 3 aromatic rings. The van der Waals surface area contributed by atoms with Crippen LogP contribution in [0, 0.1) is 0 Å². The van der Waals surface area contributed by atoms with Crippen LogP contribution in [0.2, 0.25) is 0 Å². The van der Waals surface area contributed by atoms with E-state index < -0.39 is 0 Å². The fraction of sp³-hybridized carbons (Fsp3) is 0.250. The maximum absolute atomic E-state index is 9.64. The van der Waals surface area contributed by atoms with E-state index in [9.17, 15) is 5.11 Å². The highest BCUT2D eigenvalue weighted by Crippen LogP contribution is 2.27. The van der Waals surface area contributed by atoms with Crippen LogP contribution in [-0.2, 0) is 0 Å². The Kier molecular flexibility index (Phi) is 2.86. The Bertz CT molecular complexity index is 751. The molecule has 1 aromatic carbocycles. The van der Waals surface area contributed by atoms with Crippen molar-refractivity contribution in [1.29, 1.82) is 0 Å². The fourth-order valence-corrected chi connectivity index (χ4v) is 2.69. The minimum absolute atomic E-state index is 0.269. The zero-order valence-corrected chi connectivity index (χ0v) is 11.4. The number of hydrogen-bond donors (Lipinski definition) is 1.